The van der Waals surface area contributed by atoms with Gasteiger partial charge in [-0.3, -0.25) is 14.9 Å². The third-order valence-electron chi connectivity index (χ3n) is 3.62. The van der Waals surface area contributed by atoms with Gasteiger partial charge >= 0.3 is 5.97 Å². The van der Waals surface area contributed by atoms with E-state index in [1.165, 1.54) is 0 Å². The van der Waals surface area contributed by atoms with Crippen LogP contribution in [-0.2, 0) is 14.8 Å². The number of carboxylic acids is 1. The van der Waals surface area contributed by atoms with E-state index in [0.29, 0.717) is 12.1 Å². The van der Waals surface area contributed by atoms with Gasteiger partial charge in [-0.2, -0.15) is 4.31 Å². The number of hydrogen-bond acceptors (Lipinski definition) is 5. The van der Waals surface area contributed by atoms with Crippen LogP contribution >= 0.6 is 11.6 Å². The van der Waals surface area contributed by atoms with E-state index in [2.05, 4.69) is 0 Å². The van der Waals surface area contributed by atoms with Gasteiger partial charge in [-0.1, -0.05) is 11.6 Å². The van der Waals surface area contributed by atoms with Gasteiger partial charge in [0, 0.05) is 13.1 Å². The van der Waals surface area contributed by atoms with Gasteiger partial charge in [-0.25, -0.2) is 12.8 Å². The summed E-state index contributed by atoms with van der Waals surface area (Å²) in [6, 6.07) is 1.16. The molecule has 1 aromatic rings. The first kappa shape index (κ1) is 17.6. The Balaban J connectivity index is 2.32. The predicted octanol–water partition coefficient (Wildman–Crippen LogP) is 1.87. The Labute approximate surface area is 135 Å². The van der Waals surface area contributed by atoms with E-state index >= 15 is 0 Å². The molecule has 1 aliphatic heterocycles. The molecule has 0 atom stereocenters. The van der Waals surface area contributed by atoms with E-state index in [-0.39, 0.29) is 25.9 Å². The summed E-state index contributed by atoms with van der Waals surface area (Å²) in [4.78, 5) is 19.9. The molecule has 1 heterocycles. The van der Waals surface area contributed by atoms with Crippen LogP contribution < -0.4 is 0 Å². The van der Waals surface area contributed by atoms with E-state index in [1.54, 1.807) is 0 Å². The van der Waals surface area contributed by atoms with Crippen molar-refractivity contribution in [1.29, 1.82) is 0 Å². The Morgan fingerprint density at radius 2 is 1.96 bits per heavy atom. The van der Waals surface area contributed by atoms with Crippen molar-refractivity contribution in [3.05, 3.63) is 33.1 Å². The van der Waals surface area contributed by atoms with Crippen molar-refractivity contribution in [2.24, 2.45) is 5.92 Å². The molecule has 11 heteroatoms. The highest BCUT2D eigenvalue weighted by atomic mass is 35.5. The molecule has 0 unspecified atom stereocenters. The lowest BCUT2D eigenvalue weighted by molar-refractivity contribution is -0.384. The highest BCUT2D eigenvalue weighted by Crippen LogP contribution is 2.32. The zero-order valence-electron chi connectivity index (χ0n) is 11.6. The molecule has 0 saturated carbocycles. The average Bonchev–Trinajstić information content (AvgIpc) is 2.48. The van der Waals surface area contributed by atoms with Gasteiger partial charge in [0.1, 0.15) is 15.7 Å². The molecule has 23 heavy (non-hydrogen) atoms. The van der Waals surface area contributed by atoms with Gasteiger partial charge in [0.15, 0.2) is 0 Å². The summed E-state index contributed by atoms with van der Waals surface area (Å²) in [6.07, 6.45) is 0.216. The number of sulfonamides is 1. The fourth-order valence-corrected chi connectivity index (χ4v) is 4.18. The molecule has 0 bridgehead atoms. The fraction of sp³-hybridized carbons (Fsp3) is 0.417. The summed E-state index contributed by atoms with van der Waals surface area (Å²) in [5.74, 6) is -2.93. The normalized spacial score (nSPS) is 17.1. The van der Waals surface area contributed by atoms with Crippen molar-refractivity contribution in [2.45, 2.75) is 17.7 Å². The van der Waals surface area contributed by atoms with Crippen LogP contribution in [0, 0.1) is 21.8 Å². The molecule has 2 rings (SSSR count). The second-order valence-corrected chi connectivity index (χ2v) is 7.32. The van der Waals surface area contributed by atoms with Gasteiger partial charge < -0.3 is 5.11 Å². The molecular weight excluding hydrogens is 355 g/mol. The Morgan fingerprint density at radius 3 is 2.43 bits per heavy atom. The van der Waals surface area contributed by atoms with Gasteiger partial charge in [-0.05, 0) is 18.9 Å². The maximum atomic E-state index is 14.0. The van der Waals surface area contributed by atoms with Crippen LogP contribution in [0.1, 0.15) is 12.8 Å². The summed E-state index contributed by atoms with van der Waals surface area (Å²) < 4.78 is 39.8. The number of piperidine rings is 1. The molecule has 0 spiro atoms. The number of nitro benzene ring substituents is 1. The molecule has 1 aromatic carbocycles. The van der Waals surface area contributed by atoms with Gasteiger partial charge in [0.2, 0.25) is 10.0 Å². The summed E-state index contributed by atoms with van der Waals surface area (Å²) in [6.45, 7) is -0.152. The second-order valence-electron chi connectivity index (χ2n) is 5.01. The van der Waals surface area contributed by atoms with Gasteiger partial charge in [0.25, 0.3) is 5.69 Å². The third kappa shape index (κ3) is 3.43. The highest BCUT2D eigenvalue weighted by Gasteiger charge is 2.34. The van der Waals surface area contributed by atoms with E-state index in [1.807, 2.05) is 0 Å². The topological polar surface area (TPSA) is 118 Å². The Bertz CT molecular complexity index is 761. The first-order valence-corrected chi connectivity index (χ1v) is 8.32. The lowest BCUT2D eigenvalue weighted by Crippen LogP contribution is -2.40. The molecule has 1 fully saturated rings. The minimum atomic E-state index is -4.25. The Morgan fingerprint density at radius 1 is 1.39 bits per heavy atom. The number of nitrogens with zero attached hydrogens (tertiary/aromatic N) is 2. The average molecular weight is 367 g/mol. The van der Waals surface area contributed by atoms with E-state index < -0.39 is 48.3 Å². The number of benzene rings is 1. The van der Waals surface area contributed by atoms with Crippen LogP contribution in [0.2, 0.25) is 5.02 Å². The van der Waals surface area contributed by atoms with Crippen LogP contribution in [0.4, 0.5) is 10.1 Å². The SMILES string of the molecule is O=C(O)C1CCN(S(=O)(=O)c2cc(Cl)c([N+](=O)[O-])cc2F)CC1. The Kier molecular flexibility index (Phi) is 4.87. The highest BCUT2D eigenvalue weighted by molar-refractivity contribution is 7.89. The van der Waals surface area contributed by atoms with Crippen LogP contribution in [-0.4, -0.2) is 41.8 Å². The van der Waals surface area contributed by atoms with Crippen molar-refractivity contribution in [2.75, 3.05) is 13.1 Å². The van der Waals surface area contributed by atoms with Crippen LogP contribution in [0.25, 0.3) is 0 Å². The lowest BCUT2D eigenvalue weighted by atomic mass is 9.99. The zero-order chi connectivity index (χ0) is 17.4. The van der Waals surface area contributed by atoms with Crippen LogP contribution in [0.5, 0.6) is 0 Å². The lowest BCUT2D eigenvalue weighted by Gasteiger charge is -2.29. The number of halogens is 2. The van der Waals surface area contributed by atoms with Crippen molar-refractivity contribution < 1.29 is 27.6 Å². The Hall–Kier alpha value is -1.78. The second kappa shape index (κ2) is 6.38. The minimum Gasteiger partial charge on any atom is -0.481 e. The molecule has 0 aliphatic carbocycles. The standard InChI is InChI=1S/C12H12ClFN2O6S/c13-8-5-11(9(14)6-10(8)16(19)20)23(21,22)15-3-1-7(2-4-15)12(17)18/h5-7H,1-4H2,(H,17,18). The van der Waals surface area contributed by atoms with Crippen molar-refractivity contribution in [3.63, 3.8) is 0 Å². The number of nitro groups is 1. The predicted molar refractivity (Wildman–Crippen MR) is 77.2 cm³/mol. The molecular formula is C12H12ClFN2O6S. The smallest absolute Gasteiger partial charge is 0.306 e. The molecule has 1 N–H and O–H groups in total. The molecule has 0 amide bonds. The number of carboxylic acid groups (broad SMARTS) is 1. The van der Waals surface area contributed by atoms with Gasteiger partial charge in [0.05, 0.1) is 16.9 Å². The van der Waals surface area contributed by atoms with E-state index in [4.69, 9.17) is 16.7 Å². The quantitative estimate of drug-likeness (QED) is 0.642. The first-order valence-electron chi connectivity index (χ1n) is 6.51. The largest absolute Gasteiger partial charge is 0.481 e. The molecule has 0 aromatic heterocycles. The van der Waals surface area contributed by atoms with E-state index in [0.717, 1.165) is 4.31 Å². The maximum Gasteiger partial charge on any atom is 0.306 e. The summed E-state index contributed by atoms with van der Waals surface area (Å²) in [7, 11) is -4.25. The fourth-order valence-electron chi connectivity index (χ4n) is 2.34. The minimum absolute atomic E-state index is 0.0760. The van der Waals surface area contributed by atoms with Crippen molar-refractivity contribution >= 4 is 33.3 Å². The molecule has 0 radical (unpaired) electrons. The molecule has 126 valence electrons. The van der Waals surface area contributed by atoms with Crippen LogP contribution in [0.15, 0.2) is 17.0 Å². The summed E-state index contributed by atoms with van der Waals surface area (Å²) in [5, 5.41) is 19.1. The summed E-state index contributed by atoms with van der Waals surface area (Å²) >= 11 is 5.64. The first-order chi connectivity index (χ1) is 10.6. The van der Waals surface area contributed by atoms with Crippen molar-refractivity contribution in [3.8, 4) is 0 Å². The van der Waals surface area contributed by atoms with Crippen molar-refractivity contribution in [1.82, 2.24) is 4.31 Å². The molecule has 1 saturated heterocycles. The van der Waals surface area contributed by atoms with Crippen LogP contribution in [0.3, 0.4) is 0 Å². The number of hydrogen-bond donors (Lipinski definition) is 1. The number of rotatable bonds is 4. The molecule has 8 nitrogen and oxygen atoms in total. The number of aliphatic carboxylic acids is 1. The van der Waals surface area contributed by atoms with Gasteiger partial charge in [-0.15, -0.1) is 0 Å². The third-order valence-corrected chi connectivity index (χ3v) is 5.84. The maximum absolute atomic E-state index is 14.0. The molecule has 1 aliphatic rings. The summed E-state index contributed by atoms with van der Waals surface area (Å²) in [5.41, 5.74) is -0.729. The monoisotopic (exact) mass is 366 g/mol. The van der Waals surface area contributed by atoms with E-state index in [9.17, 15) is 27.7 Å². The zero-order valence-corrected chi connectivity index (χ0v) is 13.2. The number of carbonyl (C=O) groups is 1.